The Balaban J connectivity index is 1.70. The predicted molar refractivity (Wildman–Crippen MR) is 124 cm³/mol. The number of nitrogen functional groups attached to an aromatic ring is 1. The molecule has 2 aromatic heterocycles. The first-order chi connectivity index (χ1) is 15.7. The van der Waals surface area contributed by atoms with E-state index in [2.05, 4.69) is 15.1 Å². The number of hydrogen-bond acceptors (Lipinski definition) is 8. The van der Waals surface area contributed by atoms with Crippen LogP contribution >= 0.6 is 11.6 Å². The molecule has 0 radical (unpaired) electrons. The Labute approximate surface area is 195 Å². The summed E-state index contributed by atoms with van der Waals surface area (Å²) >= 11 is 5.92. The van der Waals surface area contributed by atoms with Crippen molar-refractivity contribution in [1.29, 1.82) is 0 Å². The van der Waals surface area contributed by atoms with Gasteiger partial charge < -0.3 is 9.92 Å². The molecule has 0 spiro atoms. The van der Waals surface area contributed by atoms with Crippen LogP contribution in [0.4, 0.5) is 5.82 Å². The first kappa shape index (κ1) is 22.7. The normalized spacial score (nSPS) is 11.6. The highest BCUT2D eigenvalue weighted by molar-refractivity contribution is 7.87. The summed E-state index contributed by atoms with van der Waals surface area (Å²) in [6.45, 7) is 3.93. The summed E-state index contributed by atoms with van der Waals surface area (Å²) in [4.78, 5) is 19.7. The molecule has 2 heterocycles. The van der Waals surface area contributed by atoms with Crippen molar-refractivity contribution >= 4 is 44.9 Å². The lowest BCUT2D eigenvalue weighted by Gasteiger charge is -2.13. The number of fused-ring (bicyclic) bond motifs is 1. The van der Waals surface area contributed by atoms with Crippen molar-refractivity contribution in [2.45, 2.75) is 31.7 Å². The molecule has 0 amide bonds. The molecule has 2 aromatic carbocycles. The van der Waals surface area contributed by atoms with Gasteiger partial charge in [-0.05, 0) is 60.3 Å². The predicted octanol–water partition coefficient (Wildman–Crippen LogP) is 3.56. The van der Waals surface area contributed by atoms with Gasteiger partial charge in [-0.2, -0.15) is 18.5 Å². The van der Waals surface area contributed by atoms with Gasteiger partial charge in [0.1, 0.15) is 22.7 Å². The van der Waals surface area contributed by atoms with E-state index in [4.69, 9.17) is 21.5 Å². The highest BCUT2D eigenvalue weighted by atomic mass is 35.5. The van der Waals surface area contributed by atoms with Gasteiger partial charge in [-0.1, -0.05) is 24.6 Å². The molecule has 0 bridgehead atoms. The minimum atomic E-state index is -4.12. The zero-order valence-corrected chi connectivity index (χ0v) is 19.4. The molecule has 4 aromatic rings. The second-order valence-corrected chi connectivity index (χ2v) is 9.30. The quantitative estimate of drug-likeness (QED) is 0.239. The number of aryl methyl sites for hydroxylation is 2. The van der Waals surface area contributed by atoms with Gasteiger partial charge in [0.15, 0.2) is 5.65 Å². The van der Waals surface area contributed by atoms with Gasteiger partial charge in [0.25, 0.3) is 0 Å². The second kappa shape index (κ2) is 8.80. The molecule has 0 saturated heterocycles. The maximum absolute atomic E-state index is 13.0. The van der Waals surface area contributed by atoms with Crippen molar-refractivity contribution in [3.63, 3.8) is 0 Å². The first-order valence-electron chi connectivity index (χ1n) is 9.98. The van der Waals surface area contributed by atoms with Crippen molar-refractivity contribution in [3.8, 4) is 5.75 Å². The summed E-state index contributed by atoms with van der Waals surface area (Å²) in [6.07, 6.45) is 2.65. The molecule has 0 fully saturated rings. The number of carbonyl (C=O) groups excluding carboxylic acids is 1. The SMILES string of the molecule is CCc1cc(C)ccc1S(=O)(=O)Oc1cc(C=O)cc(Cn2ncc3c(N)nc(Cl)nc32)c1. The minimum absolute atomic E-state index is 0.0147. The van der Waals surface area contributed by atoms with E-state index >= 15 is 0 Å². The fraction of sp³-hybridized carbons (Fsp3) is 0.182. The zero-order chi connectivity index (χ0) is 23.8. The maximum atomic E-state index is 13.0. The van der Waals surface area contributed by atoms with Gasteiger partial charge in [0.2, 0.25) is 5.28 Å². The van der Waals surface area contributed by atoms with Crippen LogP contribution in [0.1, 0.15) is 34.0 Å². The number of rotatable bonds is 7. The molecule has 2 N–H and O–H groups in total. The topological polar surface area (TPSA) is 130 Å². The van der Waals surface area contributed by atoms with Crippen molar-refractivity contribution in [3.05, 3.63) is 70.1 Å². The Morgan fingerprint density at radius 2 is 1.97 bits per heavy atom. The zero-order valence-electron chi connectivity index (χ0n) is 17.8. The van der Waals surface area contributed by atoms with Crippen LogP contribution in [0.15, 0.2) is 47.5 Å². The minimum Gasteiger partial charge on any atom is -0.383 e. The van der Waals surface area contributed by atoms with Gasteiger partial charge in [-0.15, -0.1) is 0 Å². The van der Waals surface area contributed by atoms with Crippen molar-refractivity contribution in [1.82, 2.24) is 19.7 Å². The van der Waals surface area contributed by atoms with Gasteiger partial charge >= 0.3 is 10.1 Å². The van der Waals surface area contributed by atoms with Gasteiger partial charge in [-0.3, -0.25) is 4.79 Å². The molecule has 0 atom stereocenters. The van der Waals surface area contributed by atoms with Gasteiger partial charge in [-0.25, -0.2) is 9.67 Å². The van der Waals surface area contributed by atoms with Crippen LogP contribution in [0.2, 0.25) is 5.28 Å². The molecule has 0 aliphatic rings. The number of anilines is 1. The van der Waals surface area contributed by atoms with Crippen LogP contribution in [0, 0.1) is 6.92 Å². The fourth-order valence-electron chi connectivity index (χ4n) is 3.53. The highest BCUT2D eigenvalue weighted by Gasteiger charge is 2.21. The average Bonchev–Trinajstić information content (AvgIpc) is 3.15. The Hall–Kier alpha value is -3.50. The first-order valence-corrected chi connectivity index (χ1v) is 11.8. The molecule has 0 aliphatic carbocycles. The Morgan fingerprint density at radius 3 is 2.70 bits per heavy atom. The van der Waals surface area contributed by atoms with Crippen LogP contribution < -0.4 is 9.92 Å². The third-order valence-electron chi connectivity index (χ3n) is 5.03. The van der Waals surface area contributed by atoms with Crippen LogP contribution in [0.3, 0.4) is 0 Å². The maximum Gasteiger partial charge on any atom is 0.339 e. The smallest absolute Gasteiger partial charge is 0.339 e. The highest BCUT2D eigenvalue weighted by Crippen LogP contribution is 2.26. The summed E-state index contributed by atoms with van der Waals surface area (Å²) in [5.41, 5.74) is 8.70. The van der Waals surface area contributed by atoms with E-state index < -0.39 is 10.1 Å². The van der Waals surface area contributed by atoms with Crippen LogP contribution in [0.25, 0.3) is 11.0 Å². The number of aldehydes is 1. The van der Waals surface area contributed by atoms with Gasteiger partial charge in [0, 0.05) is 5.56 Å². The summed E-state index contributed by atoms with van der Waals surface area (Å²) in [5.74, 6) is 0.207. The number of hydrogen-bond donors (Lipinski definition) is 1. The van der Waals surface area contributed by atoms with E-state index in [1.165, 1.54) is 29.1 Å². The lowest BCUT2D eigenvalue weighted by atomic mass is 10.1. The van der Waals surface area contributed by atoms with Gasteiger partial charge in [0.05, 0.1) is 18.1 Å². The number of aromatic nitrogens is 4. The molecule has 4 rings (SSSR count). The summed E-state index contributed by atoms with van der Waals surface area (Å²) in [5, 5.41) is 4.76. The molecular formula is C22H20ClN5O4S. The van der Waals surface area contributed by atoms with E-state index in [-0.39, 0.29) is 33.9 Å². The van der Waals surface area contributed by atoms with Crippen molar-refractivity contribution < 1.29 is 17.4 Å². The van der Waals surface area contributed by atoms with Crippen LogP contribution in [0.5, 0.6) is 5.75 Å². The Morgan fingerprint density at radius 1 is 1.18 bits per heavy atom. The number of benzene rings is 2. The monoisotopic (exact) mass is 485 g/mol. The summed E-state index contributed by atoms with van der Waals surface area (Å²) in [7, 11) is -4.12. The molecule has 0 aliphatic heterocycles. The van der Waals surface area contributed by atoms with E-state index in [0.717, 1.165) is 5.56 Å². The molecular weight excluding hydrogens is 466 g/mol. The average molecular weight is 486 g/mol. The Kier molecular flexibility index (Phi) is 6.05. The molecule has 11 heteroatoms. The van der Waals surface area contributed by atoms with E-state index in [0.29, 0.717) is 34.9 Å². The van der Waals surface area contributed by atoms with Crippen molar-refractivity contribution in [2.24, 2.45) is 0 Å². The number of halogens is 1. The van der Waals surface area contributed by atoms with E-state index in [9.17, 15) is 13.2 Å². The van der Waals surface area contributed by atoms with Crippen molar-refractivity contribution in [2.75, 3.05) is 5.73 Å². The molecule has 33 heavy (non-hydrogen) atoms. The number of nitrogens with zero attached hydrogens (tertiary/aromatic N) is 4. The van der Waals surface area contributed by atoms with Crippen LogP contribution in [-0.2, 0) is 23.1 Å². The second-order valence-electron chi connectivity index (χ2n) is 7.45. The Bertz CT molecular complexity index is 1480. The summed E-state index contributed by atoms with van der Waals surface area (Å²) in [6, 6.07) is 9.55. The van der Waals surface area contributed by atoms with Crippen LogP contribution in [-0.4, -0.2) is 34.5 Å². The lowest BCUT2D eigenvalue weighted by Crippen LogP contribution is -2.13. The van der Waals surface area contributed by atoms with E-state index in [1.807, 2.05) is 19.9 Å². The lowest BCUT2D eigenvalue weighted by molar-refractivity contribution is 0.112. The molecule has 170 valence electrons. The number of nitrogens with two attached hydrogens (primary N) is 1. The molecule has 0 saturated carbocycles. The largest absolute Gasteiger partial charge is 0.383 e. The molecule has 0 unspecified atom stereocenters. The molecule has 9 nitrogen and oxygen atoms in total. The third-order valence-corrected chi connectivity index (χ3v) is 6.55. The standard InChI is InChI=1S/C22H20ClN5O4S/c1-3-16-6-13(2)4-5-19(16)33(30,31)32-17-8-14(7-15(9-17)12-29)11-28-21-18(10-25-28)20(24)26-22(23)27-21/h4-10,12H,3,11H2,1-2H3,(H2,24,26,27). The third kappa shape index (κ3) is 4.67. The fourth-order valence-corrected chi connectivity index (χ4v) is 4.90. The van der Waals surface area contributed by atoms with E-state index in [1.54, 1.807) is 12.1 Å². The summed E-state index contributed by atoms with van der Waals surface area (Å²) < 4.78 is 32.9. The number of carbonyl (C=O) groups is 1.